The maximum atomic E-state index is 11.5. The van der Waals surface area contributed by atoms with Crippen LogP contribution in [0.1, 0.15) is 49.1 Å². The molecule has 0 aliphatic heterocycles. The Labute approximate surface area is 114 Å². The Kier molecular flexibility index (Phi) is 4.46. The van der Waals surface area contributed by atoms with Crippen molar-refractivity contribution in [3.05, 3.63) is 29.3 Å². The minimum atomic E-state index is -0.671. The molecule has 0 amide bonds. The van der Waals surface area contributed by atoms with Crippen molar-refractivity contribution in [1.82, 2.24) is 0 Å². The maximum Gasteiger partial charge on any atom is 0.307 e. The average Bonchev–Trinajstić information content (AvgIpc) is 2.64. The van der Waals surface area contributed by atoms with Crippen molar-refractivity contribution in [2.75, 3.05) is 7.11 Å². The van der Waals surface area contributed by atoms with E-state index in [0.717, 1.165) is 49.0 Å². The van der Waals surface area contributed by atoms with Gasteiger partial charge in [0.15, 0.2) is 0 Å². The zero-order valence-electron chi connectivity index (χ0n) is 11.7. The number of hydrogen-bond acceptors (Lipinski definition) is 2. The Morgan fingerprint density at radius 2 is 2.00 bits per heavy atom. The van der Waals surface area contributed by atoms with Crippen LogP contribution in [-0.2, 0) is 4.79 Å². The molecule has 0 saturated heterocycles. The third-order valence-electron chi connectivity index (χ3n) is 4.12. The van der Waals surface area contributed by atoms with Crippen LogP contribution >= 0.6 is 0 Å². The molecule has 1 N–H and O–H groups in total. The molecule has 104 valence electrons. The first-order chi connectivity index (χ1) is 9.13. The Morgan fingerprint density at radius 1 is 1.26 bits per heavy atom. The van der Waals surface area contributed by atoms with Crippen molar-refractivity contribution in [3.8, 4) is 5.75 Å². The van der Waals surface area contributed by atoms with Gasteiger partial charge >= 0.3 is 5.97 Å². The lowest BCUT2D eigenvalue weighted by Crippen LogP contribution is -2.21. The van der Waals surface area contributed by atoms with Gasteiger partial charge in [0.2, 0.25) is 0 Å². The Bertz CT molecular complexity index is 453. The molecule has 3 heteroatoms. The third kappa shape index (κ3) is 3.09. The lowest BCUT2D eigenvalue weighted by molar-refractivity contribution is -0.142. The predicted molar refractivity (Wildman–Crippen MR) is 74.7 cm³/mol. The molecule has 1 aliphatic carbocycles. The molecule has 0 spiro atoms. The van der Waals surface area contributed by atoms with Crippen LogP contribution in [0.3, 0.4) is 0 Å². The fourth-order valence-electron chi connectivity index (χ4n) is 3.12. The minimum Gasteiger partial charge on any atom is -0.496 e. The molecule has 0 heterocycles. The van der Waals surface area contributed by atoms with Crippen LogP contribution in [-0.4, -0.2) is 18.2 Å². The van der Waals surface area contributed by atoms with Crippen LogP contribution in [0.4, 0.5) is 0 Å². The first-order valence-electron chi connectivity index (χ1n) is 7.01. The van der Waals surface area contributed by atoms with E-state index in [1.807, 2.05) is 19.1 Å². The second kappa shape index (κ2) is 6.09. The molecule has 0 bridgehead atoms. The summed E-state index contributed by atoms with van der Waals surface area (Å²) in [4.78, 5) is 11.5. The number of hydrogen-bond donors (Lipinski definition) is 1. The monoisotopic (exact) mass is 262 g/mol. The number of methoxy groups -OCH3 is 1. The van der Waals surface area contributed by atoms with Crippen LogP contribution in [0, 0.1) is 12.8 Å². The van der Waals surface area contributed by atoms with Gasteiger partial charge in [-0.3, -0.25) is 4.79 Å². The number of rotatable bonds is 3. The van der Waals surface area contributed by atoms with E-state index in [2.05, 4.69) is 6.07 Å². The molecular formula is C16H22O3. The van der Waals surface area contributed by atoms with E-state index in [1.165, 1.54) is 0 Å². The van der Waals surface area contributed by atoms with Crippen molar-refractivity contribution >= 4 is 5.97 Å². The lowest BCUT2D eigenvalue weighted by Gasteiger charge is -2.24. The average molecular weight is 262 g/mol. The van der Waals surface area contributed by atoms with Gasteiger partial charge in [0.05, 0.1) is 13.0 Å². The summed E-state index contributed by atoms with van der Waals surface area (Å²) in [7, 11) is 1.65. The number of ether oxygens (including phenoxy) is 1. The van der Waals surface area contributed by atoms with Gasteiger partial charge in [0.25, 0.3) is 0 Å². The minimum absolute atomic E-state index is 0.0786. The van der Waals surface area contributed by atoms with E-state index in [1.54, 1.807) is 7.11 Å². The highest BCUT2D eigenvalue weighted by atomic mass is 16.5. The SMILES string of the molecule is COc1ccc(C)cc1C1CCCCCC1C(=O)O. The second-order valence-corrected chi connectivity index (χ2v) is 5.43. The fraction of sp³-hybridized carbons (Fsp3) is 0.562. The summed E-state index contributed by atoms with van der Waals surface area (Å²) in [5.74, 6) is -0.0488. The molecule has 2 unspecified atom stereocenters. The molecular weight excluding hydrogens is 240 g/mol. The first kappa shape index (κ1) is 13.9. The summed E-state index contributed by atoms with van der Waals surface area (Å²) in [6.45, 7) is 2.04. The molecule has 19 heavy (non-hydrogen) atoms. The highest BCUT2D eigenvalue weighted by molar-refractivity contribution is 5.71. The van der Waals surface area contributed by atoms with Crippen LogP contribution in [0.2, 0.25) is 0 Å². The lowest BCUT2D eigenvalue weighted by atomic mass is 9.81. The number of aryl methyl sites for hydroxylation is 1. The maximum absolute atomic E-state index is 11.5. The van der Waals surface area contributed by atoms with Crippen molar-refractivity contribution in [2.45, 2.75) is 44.9 Å². The van der Waals surface area contributed by atoms with E-state index in [0.29, 0.717) is 0 Å². The molecule has 1 saturated carbocycles. The second-order valence-electron chi connectivity index (χ2n) is 5.43. The van der Waals surface area contributed by atoms with Crippen LogP contribution < -0.4 is 4.74 Å². The number of benzene rings is 1. The molecule has 1 fully saturated rings. The first-order valence-corrected chi connectivity index (χ1v) is 7.01. The smallest absolute Gasteiger partial charge is 0.307 e. The summed E-state index contributed by atoms with van der Waals surface area (Å²) in [5, 5.41) is 9.49. The normalized spacial score (nSPS) is 23.7. The van der Waals surface area contributed by atoms with Gasteiger partial charge in [0, 0.05) is 5.92 Å². The summed E-state index contributed by atoms with van der Waals surface area (Å²) in [5.41, 5.74) is 2.22. The topological polar surface area (TPSA) is 46.5 Å². The number of carboxylic acids is 1. The molecule has 0 aromatic heterocycles. The van der Waals surface area contributed by atoms with Gasteiger partial charge in [0.1, 0.15) is 5.75 Å². The number of aliphatic carboxylic acids is 1. The quantitative estimate of drug-likeness (QED) is 0.844. The standard InChI is InChI=1S/C16H22O3/c1-11-8-9-15(19-2)14(10-11)12-6-4-3-5-7-13(12)16(17)18/h8-10,12-13H,3-7H2,1-2H3,(H,17,18). The molecule has 2 atom stereocenters. The van der Waals surface area contributed by atoms with E-state index >= 15 is 0 Å². The largest absolute Gasteiger partial charge is 0.496 e. The molecule has 1 aliphatic rings. The van der Waals surface area contributed by atoms with Crippen LogP contribution in [0.5, 0.6) is 5.75 Å². The van der Waals surface area contributed by atoms with Gasteiger partial charge in [-0.1, -0.05) is 37.0 Å². The van der Waals surface area contributed by atoms with Gasteiger partial charge < -0.3 is 9.84 Å². The molecule has 1 aromatic rings. The van der Waals surface area contributed by atoms with Crippen molar-refractivity contribution in [2.24, 2.45) is 5.92 Å². The van der Waals surface area contributed by atoms with Gasteiger partial charge in [-0.25, -0.2) is 0 Å². The van der Waals surface area contributed by atoms with Gasteiger partial charge in [-0.05, 0) is 31.4 Å². The van der Waals surface area contributed by atoms with E-state index in [-0.39, 0.29) is 11.8 Å². The summed E-state index contributed by atoms with van der Waals surface area (Å²) in [6, 6.07) is 6.05. The Hall–Kier alpha value is -1.51. The molecule has 0 radical (unpaired) electrons. The highest BCUT2D eigenvalue weighted by Crippen LogP contribution is 2.40. The zero-order chi connectivity index (χ0) is 13.8. The molecule has 1 aromatic carbocycles. The summed E-state index contributed by atoms with van der Waals surface area (Å²) >= 11 is 0. The predicted octanol–water partition coefficient (Wildman–Crippen LogP) is 3.75. The van der Waals surface area contributed by atoms with E-state index in [9.17, 15) is 9.90 Å². The van der Waals surface area contributed by atoms with Crippen LogP contribution in [0.25, 0.3) is 0 Å². The van der Waals surface area contributed by atoms with Crippen molar-refractivity contribution in [1.29, 1.82) is 0 Å². The van der Waals surface area contributed by atoms with Gasteiger partial charge in [-0.15, -0.1) is 0 Å². The van der Waals surface area contributed by atoms with Crippen molar-refractivity contribution in [3.63, 3.8) is 0 Å². The van der Waals surface area contributed by atoms with Gasteiger partial charge in [-0.2, -0.15) is 0 Å². The molecule has 2 rings (SSSR count). The zero-order valence-corrected chi connectivity index (χ0v) is 11.7. The Morgan fingerprint density at radius 3 is 2.68 bits per heavy atom. The third-order valence-corrected chi connectivity index (χ3v) is 4.12. The fourth-order valence-corrected chi connectivity index (χ4v) is 3.12. The Balaban J connectivity index is 2.40. The van der Waals surface area contributed by atoms with E-state index in [4.69, 9.17) is 4.74 Å². The molecule has 3 nitrogen and oxygen atoms in total. The van der Waals surface area contributed by atoms with Crippen LogP contribution in [0.15, 0.2) is 18.2 Å². The number of carbonyl (C=O) groups is 1. The van der Waals surface area contributed by atoms with E-state index < -0.39 is 5.97 Å². The number of carboxylic acid groups (broad SMARTS) is 1. The van der Waals surface area contributed by atoms with Crippen molar-refractivity contribution < 1.29 is 14.6 Å². The highest BCUT2D eigenvalue weighted by Gasteiger charge is 2.32. The summed E-state index contributed by atoms with van der Waals surface area (Å²) < 4.78 is 5.43. The summed E-state index contributed by atoms with van der Waals surface area (Å²) in [6.07, 6.45) is 4.97.